The molecule has 2 fully saturated rings. The van der Waals surface area contributed by atoms with E-state index in [-0.39, 0.29) is 35.3 Å². The quantitative estimate of drug-likeness (QED) is 0.325. The fourth-order valence-electron chi connectivity index (χ4n) is 7.01. The van der Waals surface area contributed by atoms with Crippen LogP contribution in [-0.4, -0.2) is 81.1 Å². The molecule has 2 saturated heterocycles. The highest BCUT2D eigenvalue weighted by molar-refractivity contribution is 6.11. The number of nitrogens with one attached hydrogen (secondary N) is 1. The van der Waals surface area contributed by atoms with Crippen LogP contribution in [0.25, 0.3) is 11.1 Å². The number of morpholine rings is 1. The van der Waals surface area contributed by atoms with E-state index in [0.29, 0.717) is 18.8 Å². The second-order valence-electron chi connectivity index (χ2n) is 12.5. The van der Waals surface area contributed by atoms with Gasteiger partial charge < -0.3 is 19.7 Å². The van der Waals surface area contributed by atoms with Crippen LogP contribution in [0.5, 0.6) is 0 Å². The summed E-state index contributed by atoms with van der Waals surface area (Å²) in [5.41, 5.74) is 5.88. The van der Waals surface area contributed by atoms with Crippen LogP contribution < -0.4 is 10.2 Å². The van der Waals surface area contributed by atoms with Crippen molar-refractivity contribution in [3.8, 4) is 11.1 Å². The molecule has 10 heteroatoms. The number of anilines is 1. The van der Waals surface area contributed by atoms with E-state index in [0.717, 1.165) is 86.7 Å². The van der Waals surface area contributed by atoms with E-state index in [1.807, 2.05) is 13.0 Å². The first kappa shape index (κ1) is 32.9. The van der Waals surface area contributed by atoms with Crippen molar-refractivity contribution in [1.82, 2.24) is 10.2 Å². The number of ether oxygens (including phenoxy) is 2. The monoisotopic (exact) mass is 644 g/mol. The number of benzene rings is 3. The van der Waals surface area contributed by atoms with Crippen LogP contribution in [0.2, 0.25) is 0 Å². The molecule has 0 aromatic heterocycles. The van der Waals surface area contributed by atoms with E-state index in [1.165, 1.54) is 12.5 Å². The Hall–Kier alpha value is -3.99. The van der Waals surface area contributed by atoms with Gasteiger partial charge in [0.25, 0.3) is 11.8 Å². The molecule has 3 aliphatic rings. The van der Waals surface area contributed by atoms with Crippen molar-refractivity contribution in [3.05, 3.63) is 88.0 Å². The fraction of sp³-hybridized carbons (Fsp3) is 0.432. The molecule has 1 unspecified atom stereocenters. The Morgan fingerprint density at radius 1 is 0.979 bits per heavy atom. The molecule has 3 heterocycles. The number of hydrogen-bond donors (Lipinski definition) is 1. The van der Waals surface area contributed by atoms with E-state index in [2.05, 4.69) is 57.4 Å². The molecular weight excluding hydrogens is 602 g/mol. The van der Waals surface area contributed by atoms with Crippen LogP contribution in [0.3, 0.4) is 0 Å². The predicted octanol–water partition coefficient (Wildman–Crippen LogP) is 5.64. The summed E-state index contributed by atoms with van der Waals surface area (Å²) in [6.45, 7) is 11.8. The lowest BCUT2D eigenvalue weighted by molar-refractivity contribution is -0.119. The van der Waals surface area contributed by atoms with Crippen molar-refractivity contribution in [3.63, 3.8) is 0 Å². The van der Waals surface area contributed by atoms with Crippen molar-refractivity contribution in [2.45, 2.75) is 52.1 Å². The molecule has 47 heavy (non-hydrogen) atoms. The Labute approximate surface area is 274 Å². The molecule has 0 radical (unpaired) electrons. The van der Waals surface area contributed by atoms with Gasteiger partial charge in [-0.2, -0.15) is 0 Å². The lowest BCUT2D eigenvalue weighted by atomic mass is 9.88. The molecule has 3 aliphatic heterocycles. The normalized spacial score (nSPS) is 18.9. The topological polar surface area (TPSA) is 83.5 Å². The van der Waals surface area contributed by atoms with Crippen LogP contribution in [-0.2, 0) is 20.8 Å². The Kier molecular flexibility index (Phi) is 10.1. The maximum absolute atomic E-state index is 14.7. The molecule has 6 rings (SSSR count). The molecule has 1 atom stereocenters. The summed E-state index contributed by atoms with van der Waals surface area (Å²) in [4.78, 5) is 35.6. The van der Waals surface area contributed by atoms with Gasteiger partial charge in [-0.15, -0.1) is 0 Å². The molecule has 0 saturated carbocycles. The minimum atomic E-state index is -1.00. The summed E-state index contributed by atoms with van der Waals surface area (Å²) in [7, 11) is 0. The summed E-state index contributed by atoms with van der Waals surface area (Å²) in [5, 5.41) is 2.90. The summed E-state index contributed by atoms with van der Waals surface area (Å²) < 4.78 is 40.1. The number of carbonyl (C=O) groups excluding carboxylic acids is 2. The van der Waals surface area contributed by atoms with Gasteiger partial charge in [0, 0.05) is 74.9 Å². The maximum Gasteiger partial charge on any atom is 0.255 e. The number of rotatable bonds is 9. The summed E-state index contributed by atoms with van der Waals surface area (Å²) >= 11 is 0. The standard InChI is InChI=1S/C37H42F2N4O4/c1-4-43(29-9-13-46-14-10-29)34-18-27(26-7-5-25(6-8-26)22-42-11-15-47-16-12-42)17-30(23(34)2)36(44)40-21-32-31-19-28(38)20-33(39)35(31)24(3)41-37(32)45/h5-8,17-20,29,32H,4,9-16,21-22H2,1-3H3,(H,40,44). The maximum atomic E-state index is 14.7. The van der Waals surface area contributed by atoms with Gasteiger partial charge >= 0.3 is 0 Å². The first-order chi connectivity index (χ1) is 22.7. The molecular formula is C37H42F2N4O4. The smallest absolute Gasteiger partial charge is 0.255 e. The van der Waals surface area contributed by atoms with Gasteiger partial charge in [-0.05, 0) is 79.6 Å². The van der Waals surface area contributed by atoms with Crippen molar-refractivity contribution in [2.24, 2.45) is 4.99 Å². The Morgan fingerprint density at radius 3 is 2.38 bits per heavy atom. The molecule has 8 nitrogen and oxygen atoms in total. The zero-order valence-corrected chi connectivity index (χ0v) is 27.3. The SMILES string of the molecule is CCN(c1cc(-c2ccc(CN3CCOCC3)cc2)cc(C(=O)NCC2C(=O)N=C(C)c3c(F)cc(F)cc32)c1C)C1CCOCC1. The third-order valence-corrected chi connectivity index (χ3v) is 9.57. The van der Waals surface area contributed by atoms with Gasteiger partial charge in [0.1, 0.15) is 11.6 Å². The van der Waals surface area contributed by atoms with E-state index >= 15 is 0 Å². The van der Waals surface area contributed by atoms with Gasteiger partial charge in [-0.1, -0.05) is 24.3 Å². The third kappa shape index (κ3) is 7.15. The van der Waals surface area contributed by atoms with Gasteiger partial charge in [0.05, 0.1) is 24.8 Å². The predicted molar refractivity (Wildman–Crippen MR) is 178 cm³/mol. The fourth-order valence-corrected chi connectivity index (χ4v) is 7.01. The van der Waals surface area contributed by atoms with Crippen LogP contribution in [0.15, 0.2) is 53.5 Å². The highest BCUT2D eigenvalue weighted by Gasteiger charge is 2.32. The van der Waals surface area contributed by atoms with Crippen LogP contribution in [0.1, 0.15) is 65.2 Å². The number of halogens is 2. The highest BCUT2D eigenvalue weighted by atomic mass is 19.1. The number of aliphatic imine (C=N–C) groups is 1. The minimum absolute atomic E-state index is 0.109. The third-order valence-electron chi connectivity index (χ3n) is 9.57. The number of hydrogen-bond acceptors (Lipinski definition) is 6. The average Bonchev–Trinajstić information content (AvgIpc) is 3.06. The van der Waals surface area contributed by atoms with E-state index in [4.69, 9.17) is 9.47 Å². The van der Waals surface area contributed by atoms with Crippen LogP contribution >= 0.6 is 0 Å². The first-order valence-corrected chi connectivity index (χ1v) is 16.5. The molecule has 3 aromatic rings. The van der Waals surface area contributed by atoms with Crippen LogP contribution in [0, 0.1) is 18.6 Å². The zero-order chi connectivity index (χ0) is 33.1. The number of carbonyl (C=O) groups is 2. The number of fused-ring (bicyclic) bond motifs is 1. The molecule has 1 N–H and O–H groups in total. The molecule has 0 bridgehead atoms. The van der Waals surface area contributed by atoms with Crippen molar-refractivity contribution in [1.29, 1.82) is 0 Å². The number of nitrogens with zero attached hydrogens (tertiary/aromatic N) is 3. The summed E-state index contributed by atoms with van der Waals surface area (Å²) in [6, 6.07) is 14.7. The lowest BCUT2D eigenvalue weighted by Crippen LogP contribution is -2.40. The molecule has 0 aliphatic carbocycles. The summed E-state index contributed by atoms with van der Waals surface area (Å²) in [5.74, 6) is -3.46. The minimum Gasteiger partial charge on any atom is -0.381 e. The van der Waals surface area contributed by atoms with Crippen molar-refractivity contribution >= 4 is 23.2 Å². The second kappa shape index (κ2) is 14.4. The lowest BCUT2D eigenvalue weighted by Gasteiger charge is -2.37. The zero-order valence-electron chi connectivity index (χ0n) is 27.3. The van der Waals surface area contributed by atoms with Gasteiger partial charge in [-0.3, -0.25) is 14.5 Å². The first-order valence-electron chi connectivity index (χ1n) is 16.5. The van der Waals surface area contributed by atoms with E-state index in [9.17, 15) is 18.4 Å². The van der Waals surface area contributed by atoms with E-state index < -0.39 is 23.5 Å². The Bertz CT molecular complexity index is 1660. The van der Waals surface area contributed by atoms with Gasteiger partial charge in [0.15, 0.2) is 0 Å². The van der Waals surface area contributed by atoms with Crippen LogP contribution in [0.4, 0.5) is 14.5 Å². The molecule has 2 amide bonds. The van der Waals surface area contributed by atoms with Crippen molar-refractivity contribution < 1.29 is 27.8 Å². The molecule has 0 spiro atoms. The average molecular weight is 645 g/mol. The largest absolute Gasteiger partial charge is 0.381 e. The molecule has 248 valence electrons. The summed E-state index contributed by atoms with van der Waals surface area (Å²) in [6.07, 6.45) is 1.79. The Morgan fingerprint density at radius 2 is 1.68 bits per heavy atom. The van der Waals surface area contributed by atoms with E-state index in [1.54, 1.807) is 0 Å². The second-order valence-corrected chi connectivity index (χ2v) is 12.5. The van der Waals surface area contributed by atoms with Crippen molar-refractivity contribution in [2.75, 3.05) is 57.5 Å². The van der Waals surface area contributed by atoms with Gasteiger partial charge in [0.2, 0.25) is 0 Å². The molecule has 3 aromatic carbocycles. The Balaban J connectivity index is 1.31. The number of amides is 2. The van der Waals surface area contributed by atoms with Gasteiger partial charge in [-0.25, -0.2) is 13.8 Å². The highest BCUT2D eigenvalue weighted by Crippen LogP contribution is 2.35.